The Kier molecular flexibility index (Phi) is 7.91. The van der Waals surface area contributed by atoms with Crippen LogP contribution in [-0.4, -0.2) is 41.5 Å². The summed E-state index contributed by atoms with van der Waals surface area (Å²) in [4.78, 5) is 37.0. The number of benzene rings is 1. The van der Waals surface area contributed by atoms with Gasteiger partial charge in [0.25, 0.3) is 0 Å². The zero-order valence-corrected chi connectivity index (χ0v) is 14.1. The molecule has 1 aromatic rings. The van der Waals surface area contributed by atoms with Crippen molar-refractivity contribution in [3.8, 4) is 0 Å². The van der Waals surface area contributed by atoms with Crippen molar-refractivity contribution >= 4 is 23.5 Å². The maximum Gasteiger partial charge on any atom is 0.326 e. The molecule has 0 saturated carbocycles. The summed E-state index contributed by atoms with van der Waals surface area (Å²) < 4.78 is 0. The van der Waals surface area contributed by atoms with E-state index in [-0.39, 0.29) is 5.91 Å². The molecular weight excluding hydrogens is 310 g/mol. The number of aliphatic carboxylic acids is 1. The number of hydrogen-bond acceptors (Lipinski definition) is 4. The molecule has 0 aliphatic heterocycles. The largest absolute Gasteiger partial charge is 0.480 e. The Morgan fingerprint density at radius 2 is 1.83 bits per heavy atom. The molecule has 1 aromatic carbocycles. The topological polar surface area (TPSA) is 113 Å². The maximum atomic E-state index is 12.4. The number of nitrogens with one attached hydrogen (secondary N) is 1. The van der Waals surface area contributed by atoms with Gasteiger partial charge in [0, 0.05) is 12.6 Å². The van der Waals surface area contributed by atoms with Crippen LogP contribution < -0.4 is 16.0 Å². The first-order chi connectivity index (χ1) is 11.4. The molecule has 0 aliphatic carbocycles. The highest BCUT2D eigenvalue weighted by molar-refractivity contribution is 6.00. The van der Waals surface area contributed by atoms with Crippen molar-refractivity contribution < 1.29 is 19.5 Å². The molecule has 0 radical (unpaired) electrons. The number of nitrogens with two attached hydrogens (primary N) is 1. The number of unbranched alkanes of at least 4 members (excludes halogenated alkanes) is 1. The van der Waals surface area contributed by atoms with E-state index in [0.717, 1.165) is 0 Å². The summed E-state index contributed by atoms with van der Waals surface area (Å²) in [6.07, 6.45) is 1.60. The number of carboxylic acids is 1. The van der Waals surface area contributed by atoms with E-state index in [2.05, 4.69) is 5.32 Å². The SMILES string of the molecule is CC(=O)N(c1ccccc1)C(C)C(=O)NC(CCCCN)C(=O)O. The van der Waals surface area contributed by atoms with Crippen LogP contribution >= 0.6 is 0 Å². The van der Waals surface area contributed by atoms with Crippen molar-refractivity contribution in [1.82, 2.24) is 5.32 Å². The molecule has 7 nitrogen and oxygen atoms in total. The third-order valence-electron chi connectivity index (χ3n) is 3.70. The van der Waals surface area contributed by atoms with Crippen LogP contribution in [0.3, 0.4) is 0 Å². The van der Waals surface area contributed by atoms with Crippen molar-refractivity contribution in [2.75, 3.05) is 11.4 Å². The summed E-state index contributed by atoms with van der Waals surface area (Å²) in [6.45, 7) is 3.41. The normalized spacial score (nSPS) is 13.0. The Morgan fingerprint density at radius 3 is 2.33 bits per heavy atom. The van der Waals surface area contributed by atoms with E-state index in [1.165, 1.54) is 11.8 Å². The average molecular weight is 335 g/mol. The first kappa shape index (κ1) is 19.6. The Morgan fingerprint density at radius 1 is 1.21 bits per heavy atom. The lowest BCUT2D eigenvalue weighted by molar-refractivity contribution is -0.142. The van der Waals surface area contributed by atoms with Gasteiger partial charge in [0.15, 0.2) is 0 Å². The minimum Gasteiger partial charge on any atom is -0.480 e. The summed E-state index contributed by atoms with van der Waals surface area (Å²) in [7, 11) is 0. The Balaban J connectivity index is 2.82. The summed E-state index contributed by atoms with van der Waals surface area (Å²) >= 11 is 0. The highest BCUT2D eigenvalue weighted by Crippen LogP contribution is 2.17. The molecule has 0 saturated heterocycles. The minimum absolute atomic E-state index is 0.293. The van der Waals surface area contributed by atoms with E-state index in [9.17, 15) is 19.5 Å². The quantitative estimate of drug-likeness (QED) is 0.586. The Hall–Kier alpha value is -2.41. The van der Waals surface area contributed by atoms with Gasteiger partial charge in [-0.25, -0.2) is 4.79 Å². The lowest BCUT2D eigenvalue weighted by Gasteiger charge is -2.28. The molecule has 0 fully saturated rings. The van der Waals surface area contributed by atoms with E-state index in [1.807, 2.05) is 6.07 Å². The van der Waals surface area contributed by atoms with Crippen LogP contribution in [0, 0.1) is 0 Å². The molecule has 0 heterocycles. The third kappa shape index (κ3) is 5.66. The first-order valence-electron chi connectivity index (χ1n) is 7.96. The highest BCUT2D eigenvalue weighted by Gasteiger charge is 2.28. The van der Waals surface area contributed by atoms with Gasteiger partial charge in [0.2, 0.25) is 11.8 Å². The van der Waals surface area contributed by atoms with Crippen LogP contribution in [0.5, 0.6) is 0 Å². The van der Waals surface area contributed by atoms with Crippen molar-refractivity contribution in [3.63, 3.8) is 0 Å². The Labute approximate surface area is 141 Å². The minimum atomic E-state index is -1.10. The van der Waals surface area contributed by atoms with Gasteiger partial charge in [-0.3, -0.25) is 9.59 Å². The summed E-state index contributed by atoms with van der Waals surface area (Å²) in [5.74, 6) is -1.89. The van der Waals surface area contributed by atoms with E-state index in [1.54, 1.807) is 31.2 Å². The second kappa shape index (κ2) is 9.67. The second-order valence-electron chi connectivity index (χ2n) is 5.58. The fourth-order valence-electron chi connectivity index (χ4n) is 2.43. The van der Waals surface area contributed by atoms with Gasteiger partial charge in [-0.05, 0) is 44.9 Å². The predicted molar refractivity (Wildman–Crippen MR) is 91.5 cm³/mol. The van der Waals surface area contributed by atoms with Gasteiger partial charge < -0.3 is 21.1 Å². The number of hydrogen-bond donors (Lipinski definition) is 3. The van der Waals surface area contributed by atoms with Gasteiger partial charge in [-0.1, -0.05) is 18.2 Å². The monoisotopic (exact) mass is 335 g/mol. The number of anilines is 1. The van der Waals surface area contributed by atoms with Crippen molar-refractivity contribution in [2.45, 2.75) is 45.2 Å². The molecule has 4 N–H and O–H groups in total. The number of carboxylic acid groups (broad SMARTS) is 1. The number of carbonyl (C=O) groups excluding carboxylic acids is 2. The first-order valence-corrected chi connectivity index (χ1v) is 7.96. The highest BCUT2D eigenvalue weighted by atomic mass is 16.4. The van der Waals surface area contributed by atoms with Gasteiger partial charge in [0.1, 0.15) is 12.1 Å². The number of rotatable bonds is 9. The number of carbonyl (C=O) groups is 3. The molecule has 0 bridgehead atoms. The molecule has 7 heteroatoms. The predicted octanol–water partition coefficient (Wildman–Crippen LogP) is 1.13. The van der Waals surface area contributed by atoms with Gasteiger partial charge >= 0.3 is 5.97 Å². The molecule has 0 aliphatic rings. The van der Waals surface area contributed by atoms with Crippen molar-refractivity contribution in [3.05, 3.63) is 30.3 Å². The molecular formula is C17H25N3O4. The van der Waals surface area contributed by atoms with Crippen LogP contribution in [0.15, 0.2) is 30.3 Å². The lowest BCUT2D eigenvalue weighted by Crippen LogP contribution is -2.52. The van der Waals surface area contributed by atoms with Gasteiger partial charge in [-0.15, -0.1) is 0 Å². The zero-order valence-electron chi connectivity index (χ0n) is 14.1. The number of amides is 2. The van der Waals surface area contributed by atoms with E-state index < -0.39 is 24.0 Å². The fourth-order valence-corrected chi connectivity index (χ4v) is 2.43. The number of para-hydroxylation sites is 1. The number of nitrogens with zero attached hydrogens (tertiary/aromatic N) is 1. The van der Waals surface area contributed by atoms with E-state index in [4.69, 9.17) is 5.73 Å². The molecule has 1 rings (SSSR count). The standard InChI is InChI=1S/C17H25N3O4/c1-12(20(13(2)21)14-8-4-3-5-9-14)16(22)19-15(17(23)24)10-6-7-11-18/h3-5,8-9,12,15H,6-7,10-11,18H2,1-2H3,(H,19,22)(H,23,24). The average Bonchev–Trinajstić information content (AvgIpc) is 2.54. The fraction of sp³-hybridized carbons (Fsp3) is 0.471. The summed E-state index contributed by atoms with van der Waals surface area (Å²) in [5, 5.41) is 11.7. The molecule has 2 unspecified atom stereocenters. The summed E-state index contributed by atoms with van der Waals surface area (Å²) in [6, 6.07) is 6.98. The van der Waals surface area contributed by atoms with E-state index >= 15 is 0 Å². The molecule has 0 spiro atoms. The summed E-state index contributed by atoms with van der Waals surface area (Å²) in [5.41, 5.74) is 5.98. The Bertz CT molecular complexity index is 562. The van der Waals surface area contributed by atoms with Gasteiger partial charge in [-0.2, -0.15) is 0 Å². The molecule has 0 aromatic heterocycles. The van der Waals surface area contributed by atoms with Crippen molar-refractivity contribution in [1.29, 1.82) is 0 Å². The second-order valence-corrected chi connectivity index (χ2v) is 5.58. The van der Waals surface area contributed by atoms with Crippen LogP contribution in [0.1, 0.15) is 33.1 Å². The smallest absolute Gasteiger partial charge is 0.326 e. The van der Waals surface area contributed by atoms with Crippen LogP contribution in [-0.2, 0) is 14.4 Å². The van der Waals surface area contributed by atoms with Crippen molar-refractivity contribution in [2.24, 2.45) is 5.73 Å². The molecule has 2 amide bonds. The van der Waals surface area contributed by atoms with Crippen LogP contribution in [0.25, 0.3) is 0 Å². The molecule has 132 valence electrons. The van der Waals surface area contributed by atoms with E-state index in [0.29, 0.717) is 31.5 Å². The van der Waals surface area contributed by atoms with Crippen LogP contribution in [0.2, 0.25) is 0 Å². The third-order valence-corrected chi connectivity index (χ3v) is 3.70. The molecule has 2 atom stereocenters. The zero-order chi connectivity index (χ0) is 18.1. The molecule has 24 heavy (non-hydrogen) atoms. The maximum absolute atomic E-state index is 12.4. The van der Waals surface area contributed by atoms with Gasteiger partial charge in [0.05, 0.1) is 0 Å². The van der Waals surface area contributed by atoms with Crippen LogP contribution in [0.4, 0.5) is 5.69 Å². The lowest BCUT2D eigenvalue weighted by atomic mass is 10.1.